The molecule has 0 unspecified atom stereocenters. The van der Waals surface area contributed by atoms with Crippen molar-refractivity contribution in [1.29, 1.82) is 0 Å². The SMILES string of the molecule is COC(=O)c1cccc(Nc2ccc(N)cn2)c1. The zero-order valence-corrected chi connectivity index (χ0v) is 9.88. The zero-order chi connectivity index (χ0) is 13.0. The minimum absolute atomic E-state index is 0.371. The first-order valence-electron chi connectivity index (χ1n) is 5.36. The molecule has 0 atom stereocenters. The Balaban J connectivity index is 2.19. The van der Waals surface area contributed by atoms with Crippen molar-refractivity contribution in [1.82, 2.24) is 4.98 Å². The van der Waals surface area contributed by atoms with Gasteiger partial charge >= 0.3 is 5.97 Å². The Bertz CT molecular complexity index is 552. The van der Waals surface area contributed by atoms with Gasteiger partial charge in [0, 0.05) is 5.69 Å². The number of carbonyl (C=O) groups is 1. The number of nitrogens with zero attached hydrogens (tertiary/aromatic N) is 1. The molecular formula is C13H13N3O2. The summed E-state index contributed by atoms with van der Waals surface area (Å²) in [5.74, 6) is 0.287. The molecule has 0 aliphatic heterocycles. The van der Waals surface area contributed by atoms with Crippen molar-refractivity contribution in [3.8, 4) is 0 Å². The van der Waals surface area contributed by atoms with Gasteiger partial charge in [-0.2, -0.15) is 0 Å². The molecule has 1 heterocycles. The highest BCUT2D eigenvalue weighted by Gasteiger charge is 2.05. The number of ether oxygens (including phenoxy) is 1. The van der Waals surface area contributed by atoms with E-state index in [0.717, 1.165) is 5.69 Å². The van der Waals surface area contributed by atoms with Crippen LogP contribution in [0.4, 0.5) is 17.2 Å². The first-order chi connectivity index (χ1) is 8.69. The van der Waals surface area contributed by atoms with Crippen molar-refractivity contribution in [3.05, 3.63) is 48.2 Å². The second kappa shape index (κ2) is 5.18. The number of methoxy groups -OCH3 is 1. The minimum Gasteiger partial charge on any atom is -0.465 e. The predicted molar refractivity (Wildman–Crippen MR) is 69.7 cm³/mol. The van der Waals surface area contributed by atoms with Gasteiger partial charge in [0.1, 0.15) is 5.82 Å². The lowest BCUT2D eigenvalue weighted by Crippen LogP contribution is -2.02. The maximum absolute atomic E-state index is 11.4. The molecule has 0 bridgehead atoms. The van der Waals surface area contributed by atoms with Crippen LogP contribution in [0, 0.1) is 0 Å². The van der Waals surface area contributed by atoms with Crippen molar-refractivity contribution in [2.75, 3.05) is 18.2 Å². The van der Waals surface area contributed by atoms with Crippen LogP contribution in [-0.2, 0) is 4.74 Å². The number of rotatable bonds is 3. The zero-order valence-electron chi connectivity index (χ0n) is 9.88. The van der Waals surface area contributed by atoms with Gasteiger partial charge in [0.2, 0.25) is 0 Å². The summed E-state index contributed by atoms with van der Waals surface area (Å²) in [6.45, 7) is 0. The van der Waals surface area contributed by atoms with Gasteiger partial charge < -0.3 is 15.8 Å². The van der Waals surface area contributed by atoms with E-state index in [4.69, 9.17) is 5.73 Å². The fourth-order valence-corrected chi connectivity index (χ4v) is 1.47. The standard InChI is InChI=1S/C13H13N3O2/c1-18-13(17)9-3-2-4-11(7-9)16-12-6-5-10(14)8-15-12/h2-8H,14H2,1H3,(H,15,16). The number of nitrogen functional groups attached to an aromatic ring is 1. The Morgan fingerprint density at radius 2 is 2.17 bits per heavy atom. The summed E-state index contributed by atoms with van der Waals surface area (Å²) in [5, 5.41) is 3.08. The highest BCUT2D eigenvalue weighted by atomic mass is 16.5. The van der Waals surface area contributed by atoms with Gasteiger partial charge in [-0.1, -0.05) is 6.07 Å². The van der Waals surface area contributed by atoms with E-state index in [0.29, 0.717) is 17.1 Å². The van der Waals surface area contributed by atoms with Gasteiger partial charge in [-0.05, 0) is 30.3 Å². The van der Waals surface area contributed by atoms with Crippen LogP contribution in [0.1, 0.15) is 10.4 Å². The van der Waals surface area contributed by atoms with Crippen LogP contribution >= 0.6 is 0 Å². The van der Waals surface area contributed by atoms with E-state index in [9.17, 15) is 4.79 Å². The summed E-state index contributed by atoms with van der Waals surface area (Å²) < 4.78 is 4.66. The first-order valence-corrected chi connectivity index (χ1v) is 5.36. The van der Waals surface area contributed by atoms with Gasteiger partial charge in [-0.15, -0.1) is 0 Å². The number of esters is 1. The normalized spacial score (nSPS) is 9.83. The van der Waals surface area contributed by atoms with E-state index in [1.54, 1.807) is 36.5 Å². The van der Waals surface area contributed by atoms with Crippen LogP contribution < -0.4 is 11.1 Å². The lowest BCUT2D eigenvalue weighted by atomic mass is 10.2. The average Bonchev–Trinajstić information content (AvgIpc) is 2.41. The Hall–Kier alpha value is -2.56. The molecule has 0 radical (unpaired) electrons. The number of benzene rings is 1. The average molecular weight is 243 g/mol. The fraction of sp³-hybridized carbons (Fsp3) is 0.0769. The Morgan fingerprint density at radius 1 is 1.33 bits per heavy atom. The van der Waals surface area contributed by atoms with E-state index in [-0.39, 0.29) is 5.97 Å². The Kier molecular flexibility index (Phi) is 3.43. The van der Waals surface area contributed by atoms with Crippen molar-refractivity contribution < 1.29 is 9.53 Å². The van der Waals surface area contributed by atoms with Crippen molar-refractivity contribution in [2.24, 2.45) is 0 Å². The van der Waals surface area contributed by atoms with Crippen molar-refractivity contribution in [2.45, 2.75) is 0 Å². The van der Waals surface area contributed by atoms with Gasteiger partial charge in [0.05, 0.1) is 24.6 Å². The topological polar surface area (TPSA) is 77.2 Å². The minimum atomic E-state index is -0.371. The lowest BCUT2D eigenvalue weighted by Gasteiger charge is -2.07. The van der Waals surface area contributed by atoms with Crippen LogP contribution in [0.5, 0.6) is 0 Å². The number of anilines is 3. The van der Waals surface area contributed by atoms with E-state index in [2.05, 4.69) is 15.0 Å². The molecule has 0 amide bonds. The monoisotopic (exact) mass is 243 g/mol. The van der Waals surface area contributed by atoms with Crippen LogP contribution in [0.2, 0.25) is 0 Å². The number of hydrogen-bond acceptors (Lipinski definition) is 5. The second-order valence-electron chi connectivity index (χ2n) is 3.67. The molecule has 1 aromatic heterocycles. The van der Waals surface area contributed by atoms with Crippen molar-refractivity contribution >= 4 is 23.2 Å². The number of pyridine rings is 1. The third-order valence-corrected chi connectivity index (χ3v) is 2.34. The summed E-state index contributed by atoms with van der Waals surface area (Å²) in [7, 11) is 1.35. The summed E-state index contributed by atoms with van der Waals surface area (Å²) in [4.78, 5) is 15.5. The number of nitrogens with one attached hydrogen (secondary N) is 1. The molecule has 92 valence electrons. The predicted octanol–water partition coefficient (Wildman–Crippen LogP) is 2.19. The molecule has 0 saturated heterocycles. The third kappa shape index (κ3) is 2.76. The van der Waals surface area contributed by atoms with Gasteiger partial charge in [0.15, 0.2) is 0 Å². The molecule has 18 heavy (non-hydrogen) atoms. The molecular weight excluding hydrogens is 230 g/mol. The first kappa shape index (κ1) is 11.9. The molecule has 2 rings (SSSR count). The number of aromatic nitrogens is 1. The lowest BCUT2D eigenvalue weighted by molar-refractivity contribution is 0.0601. The number of carbonyl (C=O) groups excluding carboxylic acids is 1. The maximum atomic E-state index is 11.4. The molecule has 0 aliphatic rings. The van der Waals surface area contributed by atoms with Crippen LogP contribution in [0.25, 0.3) is 0 Å². The summed E-state index contributed by atoms with van der Waals surface area (Å²) in [6, 6.07) is 10.5. The molecule has 0 saturated carbocycles. The molecule has 0 fully saturated rings. The number of hydrogen-bond donors (Lipinski definition) is 2. The largest absolute Gasteiger partial charge is 0.465 e. The van der Waals surface area contributed by atoms with Gasteiger partial charge in [-0.3, -0.25) is 0 Å². The quantitative estimate of drug-likeness (QED) is 0.808. The van der Waals surface area contributed by atoms with Gasteiger partial charge in [-0.25, -0.2) is 9.78 Å². The van der Waals surface area contributed by atoms with E-state index in [1.165, 1.54) is 7.11 Å². The summed E-state index contributed by atoms with van der Waals surface area (Å²) in [5.41, 5.74) is 7.39. The van der Waals surface area contributed by atoms with Crippen LogP contribution in [0.15, 0.2) is 42.6 Å². The second-order valence-corrected chi connectivity index (χ2v) is 3.67. The smallest absolute Gasteiger partial charge is 0.337 e. The van der Waals surface area contributed by atoms with Gasteiger partial charge in [0.25, 0.3) is 0 Å². The summed E-state index contributed by atoms with van der Waals surface area (Å²) in [6.07, 6.45) is 1.56. The fourth-order valence-electron chi connectivity index (χ4n) is 1.47. The molecule has 0 aliphatic carbocycles. The molecule has 1 aromatic carbocycles. The Morgan fingerprint density at radius 3 is 2.83 bits per heavy atom. The van der Waals surface area contributed by atoms with E-state index in [1.807, 2.05) is 6.07 Å². The molecule has 3 N–H and O–H groups in total. The Labute approximate surface area is 105 Å². The van der Waals surface area contributed by atoms with Crippen LogP contribution in [-0.4, -0.2) is 18.1 Å². The van der Waals surface area contributed by atoms with E-state index >= 15 is 0 Å². The molecule has 5 heteroatoms. The molecule has 2 aromatic rings. The summed E-state index contributed by atoms with van der Waals surface area (Å²) >= 11 is 0. The number of nitrogens with two attached hydrogens (primary N) is 1. The molecule has 5 nitrogen and oxygen atoms in total. The third-order valence-electron chi connectivity index (χ3n) is 2.34. The van der Waals surface area contributed by atoms with Crippen molar-refractivity contribution in [3.63, 3.8) is 0 Å². The van der Waals surface area contributed by atoms with E-state index < -0.39 is 0 Å². The molecule has 0 spiro atoms. The van der Waals surface area contributed by atoms with Crippen LogP contribution in [0.3, 0.4) is 0 Å². The maximum Gasteiger partial charge on any atom is 0.337 e. The highest BCUT2D eigenvalue weighted by Crippen LogP contribution is 2.17. The highest BCUT2D eigenvalue weighted by molar-refractivity contribution is 5.90.